The first kappa shape index (κ1) is 8.25. The molecular formula is C8H4BrNO3. The second kappa shape index (κ2) is 2.85. The second-order valence-electron chi connectivity index (χ2n) is 2.52. The number of rotatable bonds is 1. The topological polar surface area (TPSA) is 56.3 Å². The first-order valence-electron chi connectivity index (χ1n) is 3.49. The van der Waals surface area contributed by atoms with Gasteiger partial charge in [-0.2, -0.15) is 0 Å². The van der Waals surface area contributed by atoms with E-state index in [2.05, 4.69) is 15.9 Å². The van der Waals surface area contributed by atoms with Gasteiger partial charge in [0.05, 0.1) is 9.40 Å². The van der Waals surface area contributed by atoms with Crippen LogP contribution in [0.1, 0.15) is 0 Å². The molecule has 2 rings (SSSR count). The third kappa shape index (κ3) is 1.31. The molecule has 1 aromatic heterocycles. The Kier molecular flexibility index (Phi) is 1.81. The van der Waals surface area contributed by atoms with E-state index in [-0.39, 0.29) is 5.69 Å². The Morgan fingerprint density at radius 1 is 1.46 bits per heavy atom. The van der Waals surface area contributed by atoms with E-state index in [1.165, 1.54) is 18.4 Å². The Labute approximate surface area is 81.4 Å². The number of hydrogen-bond donors (Lipinski definition) is 0. The van der Waals surface area contributed by atoms with Crippen molar-refractivity contribution in [3.63, 3.8) is 0 Å². The largest absolute Gasteiger partial charge is 0.463 e. The van der Waals surface area contributed by atoms with Crippen molar-refractivity contribution in [2.24, 2.45) is 0 Å². The smallest absolute Gasteiger partial charge is 0.270 e. The molecule has 0 saturated carbocycles. The quantitative estimate of drug-likeness (QED) is 0.570. The zero-order chi connectivity index (χ0) is 9.42. The molecule has 66 valence electrons. The molecule has 0 bridgehead atoms. The van der Waals surface area contributed by atoms with Gasteiger partial charge in [0, 0.05) is 17.5 Å². The van der Waals surface area contributed by atoms with Gasteiger partial charge in [0.1, 0.15) is 11.8 Å². The molecule has 5 heteroatoms. The van der Waals surface area contributed by atoms with Crippen molar-refractivity contribution in [1.29, 1.82) is 0 Å². The molecule has 0 N–H and O–H groups in total. The van der Waals surface area contributed by atoms with Gasteiger partial charge in [-0.3, -0.25) is 10.1 Å². The lowest BCUT2D eigenvalue weighted by Crippen LogP contribution is -1.86. The van der Waals surface area contributed by atoms with E-state index in [0.717, 1.165) is 4.47 Å². The molecule has 0 aliphatic heterocycles. The molecule has 0 unspecified atom stereocenters. The van der Waals surface area contributed by atoms with Crippen LogP contribution in [0.25, 0.3) is 11.0 Å². The Morgan fingerprint density at radius 2 is 2.23 bits per heavy atom. The van der Waals surface area contributed by atoms with Crippen LogP contribution in [0, 0.1) is 10.1 Å². The fraction of sp³-hybridized carbons (Fsp3) is 0. The summed E-state index contributed by atoms with van der Waals surface area (Å²) in [5.41, 5.74) is 0.701. The molecular weight excluding hydrogens is 238 g/mol. The minimum atomic E-state index is -0.432. The Balaban J connectivity index is 2.72. The van der Waals surface area contributed by atoms with E-state index in [0.29, 0.717) is 11.0 Å². The number of nitro groups is 1. The molecule has 0 spiro atoms. The number of fused-ring (bicyclic) bond motifs is 1. The summed E-state index contributed by atoms with van der Waals surface area (Å²) in [6.07, 6.45) is 1.51. The number of benzene rings is 1. The molecule has 0 amide bonds. The van der Waals surface area contributed by atoms with Crippen LogP contribution < -0.4 is 0 Å². The zero-order valence-corrected chi connectivity index (χ0v) is 7.95. The summed E-state index contributed by atoms with van der Waals surface area (Å²) in [6.45, 7) is 0. The van der Waals surface area contributed by atoms with E-state index in [1.54, 1.807) is 6.07 Å². The first-order valence-corrected chi connectivity index (χ1v) is 4.29. The standard InChI is InChI=1S/C8H4BrNO3/c9-7-4-13-8-2-1-5(10(11)12)3-6(7)8/h1-4H. The third-order valence-corrected chi connectivity index (χ3v) is 2.33. The van der Waals surface area contributed by atoms with Gasteiger partial charge >= 0.3 is 0 Å². The SMILES string of the molecule is O=[N+]([O-])c1ccc2occ(Br)c2c1. The molecule has 1 aromatic carbocycles. The highest BCUT2D eigenvalue weighted by molar-refractivity contribution is 9.10. The number of nitrogens with zero attached hydrogens (tertiary/aromatic N) is 1. The summed E-state index contributed by atoms with van der Waals surface area (Å²) in [5.74, 6) is 0. The highest BCUT2D eigenvalue weighted by Gasteiger charge is 2.09. The lowest BCUT2D eigenvalue weighted by atomic mass is 10.2. The fourth-order valence-corrected chi connectivity index (χ4v) is 1.50. The van der Waals surface area contributed by atoms with Gasteiger partial charge < -0.3 is 4.42 Å². The number of hydrogen-bond acceptors (Lipinski definition) is 3. The van der Waals surface area contributed by atoms with Crippen molar-refractivity contribution in [2.75, 3.05) is 0 Å². The number of furan rings is 1. The molecule has 0 aliphatic carbocycles. The maximum Gasteiger partial charge on any atom is 0.270 e. The number of non-ortho nitro benzene ring substituents is 1. The van der Waals surface area contributed by atoms with Crippen molar-refractivity contribution < 1.29 is 9.34 Å². The summed E-state index contributed by atoms with van der Waals surface area (Å²) in [4.78, 5) is 10.0. The van der Waals surface area contributed by atoms with Crippen molar-refractivity contribution >= 4 is 32.6 Å². The normalized spacial score (nSPS) is 10.5. The fourth-order valence-electron chi connectivity index (χ4n) is 1.10. The van der Waals surface area contributed by atoms with E-state index in [9.17, 15) is 10.1 Å². The number of nitro benzene ring substituents is 1. The summed E-state index contributed by atoms with van der Waals surface area (Å²) < 4.78 is 5.84. The van der Waals surface area contributed by atoms with Crippen molar-refractivity contribution in [3.8, 4) is 0 Å². The van der Waals surface area contributed by atoms with Crippen LogP contribution in [0.15, 0.2) is 33.4 Å². The van der Waals surface area contributed by atoms with Gasteiger partial charge in [0.2, 0.25) is 0 Å². The van der Waals surface area contributed by atoms with Crippen molar-refractivity contribution in [3.05, 3.63) is 39.0 Å². The van der Waals surface area contributed by atoms with Crippen LogP contribution in [0.5, 0.6) is 0 Å². The van der Waals surface area contributed by atoms with Crippen molar-refractivity contribution in [1.82, 2.24) is 0 Å². The summed E-state index contributed by atoms with van der Waals surface area (Å²) in [6, 6.07) is 4.47. The molecule has 0 radical (unpaired) electrons. The lowest BCUT2D eigenvalue weighted by Gasteiger charge is -1.90. The Bertz CT molecular complexity index is 477. The maximum atomic E-state index is 10.4. The van der Waals surface area contributed by atoms with Gasteiger partial charge in [-0.25, -0.2) is 0 Å². The van der Waals surface area contributed by atoms with E-state index in [1.807, 2.05) is 0 Å². The highest BCUT2D eigenvalue weighted by Crippen LogP contribution is 2.28. The predicted octanol–water partition coefficient (Wildman–Crippen LogP) is 3.10. The molecule has 13 heavy (non-hydrogen) atoms. The summed E-state index contributed by atoms with van der Waals surface area (Å²) in [5, 5.41) is 11.2. The van der Waals surface area contributed by atoms with Crippen LogP contribution in [0.3, 0.4) is 0 Å². The first-order chi connectivity index (χ1) is 6.18. The molecule has 4 nitrogen and oxygen atoms in total. The Morgan fingerprint density at radius 3 is 2.92 bits per heavy atom. The lowest BCUT2D eigenvalue weighted by molar-refractivity contribution is -0.384. The van der Waals surface area contributed by atoms with Gasteiger partial charge in [-0.15, -0.1) is 0 Å². The van der Waals surface area contributed by atoms with Gasteiger partial charge in [0.15, 0.2) is 0 Å². The second-order valence-corrected chi connectivity index (χ2v) is 3.38. The maximum absolute atomic E-state index is 10.4. The molecule has 0 aliphatic rings. The minimum absolute atomic E-state index is 0.0644. The highest BCUT2D eigenvalue weighted by atomic mass is 79.9. The molecule has 0 fully saturated rings. The monoisotopic (exact) mass is 241 g/mol. The molecule has 1 heterocycles. The molecule has 2 aromatic rings. The van der Waals surface area contributed by atoms with Crippen LogP contribution >= 0.6 is 15.9 Å². The molecule has 0 saturated heterocycles. The number of halogens is 1. The van der Waals surface area contributed by atoms with Gasteiger partial charge in [0.25, 0.3) is 5.69 Å². The van der Waals surface area contributed by atoms with Gasteiger partial charge in [-0.1, -0.05) is 0 Å². The predicted molar refractivity (Wildman–Crippen MR) is 50.6 cm³/mol. The Hall–Kier alpha value is -1.36. The van der Waals surface area contributed by atoms with E-state index < -0.39 is 4.92 Å². The van der Waals surface area contributed by atoms with Crippen LogP contribution in [0.4, 0.5) is 5.69 Å². The average Bonchev–Trinajstić information content (AvgIpc) is 2.47. The average molecular weight is 242 g/mol. The molecule has 0 atom stereocenters. The van der Waals surface area contributed by atoms with E-state index in [4.69, 9.17) is 4.42 Å². The van der Waals surface area contributed by atoms with Crippen LogP contribution in [-0.4, -0.2) is 4.92 Å². The third-order valence-electron chi connectivity index (χ3n) is 1.72. The van der Waals surface area contributed by atoms with E-state index >= 15 is 0 Å². The van der Waals surface area contributed by atoms with Crippen LogP contribution in [0.2, 0.25) is 0 Å². The zero-order valence-electron chi connectivity index (χ0n) is 6.36. The summed E-state index contributed by atoms with van der Waals surface area (Å²) >= 11 is 3.23. The summed E-state index contributed by atoms with van der Waals surface area (Å²) in [7, 11) is 0. The van der Waals surface area contributed by atoms with Crippen LogP contribution in [-0.2, 0) is 0 Å². The van der Waals surface area contributed by atoms with Gasteiger partial charge in [-0.05, 0) is 22.0 Å². The van der Waals surface area contributed by atoms with Crippen molar-refractivity contribution in [2.45, 2.75) is 0 Å². The minimum Gasteiger partial charge on any atom is -0.463 e.